The molecule has 2 nitrogen and oxygen atoms in total. The zero-order valence-corrected chi connectivity index (χ0v) is 11.0. The molecule has 1 aromatic heterocycles. The van der Waals surface area contributed by atoms with Crippen LogP contribution in [0.1, 0.15) is 34.3 Å². The highest BCUT2D eigenvalue weighted by Gasteiger charge is 2.32. The summed E-state index contributed by atoms with van der Waals surface area (Å²) < 4.78 is 51.6. The molecule has 0 N–H and O–H groups in total. The first kappa shape index (κ1) is 15.2. The fourth-order valence-electron chi connectivity index (χ4n) is 1.93. The van der Waals surface area contributed by atoms with Crippen LogP contribution in [0, 0.1) is 5.82 Å². The Labute approximate surface area is 118 Å². The standard InChI is InChI=1S/C15H11F4NO/c1-9(10-4-6-20-7-5-10)14(21)12-8-11(15(17,18)19)2-3-13(12)16/h2-9H,1H3. The Kier molecular flexibility index (Phi) is 4.06. The molecule has 0 amide bonds. The van der Waals surface area contributed by atoms with Crippen molar-refractivity contribution in [2.45, 2.75) is 19.0 Å². The molecule has 0 aliphatic heterocycles. The highest BCUT2D eigenvalue weighted by Crippen LogP contribution is 2.31. The molecular formula is C15H11F4NO. The number of alkyl halides is 3. The Balaban J connectivity index is 2.39. The first-order valence-corrected chi connectivity index (χ1v) is 6.11. The SMILES string of the molecule is CC(C(=O)c1cc(C(F)(F)F)ccc1F)c1ccncc1. The van der Waals surface area contributed by atoms with Gasteiger partial charge in [0.25, 0.3) is 0 Å². The predicted octanol–water partition coefficient (Wildman–Crippen LogP) is 4.23. The van der Waals surface area contributed by atoms with Crippen molar-refractivity contribution in [2.75, 3.05) is 0 Å². The summed E-state index contributed by atoms with van der Waals surface area (Å²) in [5.41, 5.74) is -1.05. The molecule has 2 aromatic rings. The van der Waals surface area contributed by atoms with E-state index in [0.29, 0.717) is 23.8 Å². The van der Waals surface area contributed by atoms with E-state index in [1.165, 1.54) is 19.3 Å². The first-order valence-electron chi connectivity index (χ1n) is 6.11. The molecule has 0 saturated heterocycles. The molecular weight excluding hydrogens is 286 g/mol. The van der Waals surface area contributed by atoms with Crippen LogP contribution < -0.4 is 0 Å². The van der Waals surface area contributed by atoms with Gasteiger partial charge in [-0.05, 0) is 35.9 Å². The van der Waals surface area contributed by atoms with Gasteiger partial charge in [-0.2, -0.15) is 13.2 Å². The zero-order valence-electron chi connectivity index (χ0n) is 11.0. The van der Waals surface area contributed by atoms with Crippen LogP contribution in [0.2, 0.25) is 0 Å². The lowest BCUT2D eigenvalue weighted by atomic mass is 9.92. The number of rotatable bonds is 3. The Morgan fingerprint density at radius 1 is 1.14 bits per heavy atom. The summed E-state index contributed by atoms with van der Waals surface area (Å²) in [7, 11) is 0. The van der Waals surface area contributed by atoms with Crippen LogP contribution >= 0.6 is 0 Å². The van der Waals surface area contributed by atoms with Crippen molar-refractivity contribution in [1.29, 1.82) is 0 Å². The van der Waals surface area contributed by atoms with Gasteiger partial charge in [0.1, 0.15) is 5.82 Å². The van der Waals surface area contributed by atoms with Gasteiger partial charge in [0.05, 0.1) is 11.1 Å². The molecule has 110 valence electrons. The predicted molar refractivity (Wildman–Crippen MR) is 68.4 cm³/mol. The van der Waals surface area contributed by atoms with Crippen LogP contribution in [0.4, 0.5) is 17.6 Å². The maximum atomic E-state index is 13.7. The zero-order chi connectivity index (χ0) is 15.6. The molecule has 0 fully saturated rings. The van der Waals surface area contributed by atoms with E-state index < -0.39 is 34.8 Å². The number of hydrogen-bond acceptors (Lipinski definition) is 2. The van der Waals surface area contributed by atoms with E-state index in [1.807, 2.05) is 0 Å². The molecule has 0 aliphatic carbocycles. The van der Waals surface area contributed by atoms with E-state index in [0.717, 1.165) is 0 Å². The van der Waals surface area contributed by atoms with Gasteiger partial charge in [0, 0.05) is 18.3 Å². The van der Waals surface area contributed by atoms with Gasteiger partial charge in [-0.25, -0.2) is 4.39 Å². The average Bonchev–Trinajstić information content (AvgIpc) is 2.46. The van der Waals surface area contributed by atoms with Crippen molar-refractivity contribution < 1.29 is 22.4 Å². The highest BCUT2D eigenvalue weighted by molar-refractivity contribution is 6.01. The highest BCUT2D eigenvalue weighted by atomic mass is 19.4. The number of aromatic nitrogens is 1. The summed E-state index contributed by atoms with van der Waals surface area (Å²) >= 11 is 0. The Morgan fingerprint density at radius 3 is 2.33 bits per heavy atom. The summed E-state index contributed by atoms with van der Waals surface area (Å²) in [6, 6.07) is 4.95. The van der Waals surface area contributed by atoms with E-state index >= 15 is 0 Å². The maximum Gasteiger partial charge on any atom is 0.416 e. The number of pyridine rings is 1. The van der Waals surface area contributed by atoms with Gasteiger partial charge in [-0.1, -0.05) is 6.92 Å². The number of nitrogens with zero attached hydrogens (tertiary/aromatic N) is 1. The topological polar surface area (TPSA) is 30.0 Å². The van der Waals surface area contributed by atoms with E-state index in [-0.39, 0.29) is 0 Å². The van der Waals surface area contributed by atoms with Gasteiger partial charge in [0.2, 0.25) is 0 Å². The molecule has 0 spiro atoms. The van der Waals surface area contributed by atoms with Crippen LogP contribution in [0.5, 0.6) is 0 Å². The maximum absolute atomic E-state index is 13.7. The van der Waals surface area contributed by atoms with Crippen LogP contribution in [-0.4, -0.2) is 10.8 Å². The van der Waals surface area contributed by atoms with Crippen LogP contribution in [0.3, 0.4) is 0 Å². The Bertz CT molecular complexity index is 652. The molecule has 6 heteroatoms. The third-order valence-corrected chi connectivity index (χ3v) is 3.16. The second-order valence-corrected chi connectivity index (χ2v) is 4.56. The fourth-order valence-corrected chi connectivity index (χ4v) is 1.93. The summed E-state index contributed by atoms with van der Waals surface area (Å²) in [5.74, 6) is -2.43. The molecule has 1 unspecified atom stereocenters. The summed E-state index contributed by atoms with van der Waals surface area (Å²) in [6.45, 7) is 1.51. The third kappa shape index (κ3) is 3.26. The molecule has 1 atom stereocenters. The van der Waals surface area contributed by atoms with Gasteiger partial charge in [-0.15, -0.1) is 0 Å². The minimum absolute atomic E-state index is 0.551. The summed E-state index contributed by atoms with van der Waals surface area (Å²) in [5, 5.41) is 0. The van der Waals surface area contributed by atoms with Gasteiger partial charge >= 0.3 is 6.18 Å². The van der Waals surface area contributed by atoms with Crippen molar-refractivity contribution in [3.63, 3.8) is 0 Å². The monoisotopic (exact) mass is 297 g/mol. The van der Waals surface area contributed by atoms with Crippen LogP contribution in [-0.2, 0) is 6.18 Å². The largest absolute Gasteiger partial charge is 0.416 e. The quantitative estimate of drug-likeness (QED) is 0.627. The fraction of sp³-hybridized carbons (Fsp3) is 0.200. The first-order chi connectivity index (χ1) is 9.80. The molecule has 2 rings (SSSR count). The van der Waals surface area contributed by atoms with Gasteiger partial charge < -0.3 is 0 Å². The van der Waals surface area contributed by atoms with Gasteiger partial charge in [-0.3, -0.25) is 9.78 Å². The average molecular weight is 297 g/mol. The number of Topliss-reactive ketones (excluding diaryl/α,β-unsaturated/α-hetero) is 1. The molecule has 21 heavy (non-hydrogen) atoms. The molecule has 0 aliphatic rings. The summed E-state index contributed by atoms with van der Waals surface area (Å²) in [4.78, 5) is 16.0. The second kappa shape index (κ2) is 5.63. The van der Waals surface area contributed by atoms with Crippen molar-refractivity contribution in [3.05, 3.63) is 65.2 Å². The van der Waals surface area contributed by atoms with E-state index in [2.05, 4.69) is 4.98 Å². The Morgan fingerprint density at radius 2 is 1.76 bits per heavy atom. The van der Waals surface area contributed by atoms with Crippen molar-refractivity contribution >= 4 is 5.78 Å². The second-order valence-electron chi connectivity index (χ2n) is 4.56. The van der Waals surface area contributed by atoms with Crippen molar-refractivity contribution in [2.24, 2.45) is 0 Å². The van der Waals surface area contributed by atoms with Crippen molar-refractivity contribution in [1.82, 2.24) is 4.98 Å². The third-order valence-electron chi connectivity index (χ3n) is 3.16. The lowest BCUT2D eigenvalue weighted by Gasteiger charge is -2.13. The van der Waals surface area contributed by atoms with E-state index in [1.54, 1.807) is 12.1 Å². The van der Waals surface area contributed by atoms with Gasteiger partial charge in [0.15, 0.2) is 5.78 Å². The number of halogens is 4. The summed E-state index contributed by atoms with van der Waals surface area (Å²) in [6.07, 6.45) is -1.70. The van der Waals surface area contributed by atoms with Crippen LogP contribution in [0.25, 0.3) is 0 Å². The normalized spacial score (nSPS) is 13.0. The number of benzene rings is 1. The molecule has 0 radical (unpaired) electrons. The minimum Gasteiger partial charge on any atom is -0.293 e. The number of carbonyl (C=O) groups is 1. The minimum atomic E-state index is -4.62. The van der Waals surface area contributed by atoms with E-state index in [4.69, 9.17) is 0 Å². The van der Waals surface area contributed by atoms with Crippen LogP contribution in [0.15, 0.2) is 42.7 Å². The van der Waals surface area contributed by atoms with Crippen molar-refractivity contribution in [3.8, 4) is 0 Å². The molecule has 0 saturated carbocycles. The molecule has 1 aromatic carbocycles. The lowest BCUT2D eigenvalue weighted by Crippen LogP contribution is -2.14. The number of carbonyl (C=O) groups excluding carboxylic acids is 1. The molecule has 1 heterocycles. The van der Waals surface area contributed by atoms with E-state index in [9.17, 15) is 22.4 Å². The lowest BCUT2D eigenvalue weighted by molar-refractivity contribution is -0.137. The number of ketones is 1. The Hall–Kier alpha value is -2.24. The smallest absolute Gasteiger partial charge is 0.293 e. The number of hydrogen-bond donors (Lipinski definition) is 0. The molecule has 0 bridgehead atoms.